The van der Waals surface area contributed by atoms with Crippen LogP contribution in [0.3, 0.4) is 0 Å². The zero-order valence-corrected chi connectivity index (χ0v) is 21.3. The minimum Gasteiger partial charge on any atom is -0.492 e. The summed E-state index contributed by atoms with van der Waals surface area (Å²) in [6, 6.07) is 29.0. The van der Waals surface area contributed by atoms with Crippen molar-refractivity contribution in [2.24, 2.45) is 0 Å². The van der Waals surface area contributed by atoms with Gasteiger partial charge in [0.05, 0.1) is 23.5 Å². The van der Waals surface area contributed by atoms with Gasteiger partial charge in [-0.2, -0.15) is 4.39 Å². The van der Waals surface area contributed by atoms with E-state index in [0.717, 1.165) is 0 Å². The minimum atomic E-state index is -1.76. The summed E-state index contributed by atoms with van der Waals surface area (Å²) in [7, 11) is 0. The Labute approximate surface area is 229 Å². The molecule has 0 aliphatic rings. The summed E-state index contributed by atoms with van der Waals surface area (Å²) in [5.41, 5.74) is 7.83. The first-order valence-corrected chi connectivity index (χ1v) is 12.5. The normalized spacial score (nSPS) is 11.5. The van der Waals surface area contributed by atoms with Gasteiger partial charge < -0.3 is 24.9 Å². The molecule has 0 fully saturated rings. The molecular formula is C31H26FN3O5. The van der Waals surface area contributed by atoms with Crippen LogP contribution >= 0.6 is 0 Å². The highest BCUT2D eigenvalue weighted by atomic mass is 19.1. The molecule has 40 heavy (non-hydrogen) atoms. The second-order valence-corrected chi connectivity index (χ2v) is 8.81. The molecule has 0 aliphatic heterocycles. The number of nitrogen functional groups attached to an aromatic ring is 1. The number of fused-ring (bicyclic) bond motifs is 1. The molecule has 0 bridgehead atoms. The van der Waals surface area contributed by atoms with E-state index in [2.05, 4.69) is 5.32 Å². The van der Waals surface area contributed by atoms with E-state index >= 15 is 4.39 Å². The van der Waals surface area contributed by atoms with Crippen molar-refractivity contribution >= 4 is 40.5 Å². The number of para-hydroxylation sites is 4. The number of nitrogens with two attached hydrogens (primary N) is 1. The summed E-state index contributed by atoms with van der Waals surface area (Å²) in [5.74, 6) is 0.859. The van der Waals surface area contributed by atoms with Crippen LogP contribution in [0.15, 0.2) is 108 Å². The molecule has 9 heteroatoms. The smallest absolute Gasteiger partial charge is 0.267 e. The van der Waals surface area contributed by atoms with Crippen molar-refractivity contribution in [3.63, 3.8) is 0 Å². The third kappa shape index (κ3) is 6.05. The first-order chi connectivity index (χ1) is 19.5. The molecule has 5 aromatic rings. The van der Waals surface area contributed by atoms with Gasteiger partial charge >= 0.3 is 0 Å². The Balaban J connectivity index is 1.20. The summed E-state index contributed by atoms with van der Waals surface area (Å²) in [6.07, 6.45) is -1.13. The van der Waals surface area contributed by atoms with Gasteiger partial charge in [-0.15, -0.1) is 0 Å². The average Bonchev–Trinajstić information content (AvgIpc) is 3.41. The van der Waals surface area contributed by atoms with E-state index in [9.17, 15) is 9.59 Å². The molecule has 202 valence electrons. The molecule has 4 aromatic carbocycles. The number of furan rings is 1. The quantitative estimate of drug-likeness (QED) is 0.150. The van der Waals surface area contributed by atoms with Crippen LogP contribution in [0, 0.1) is 0 Å². The highest BCUT2D eigenvalue weighted by Crippen LogP contribution is 2.33. The molecule has 1 unspecified atom stereocenters. The Kier molecular flexibility index (Phi) is 7.92. The van der Waals surface area contributed by atoms with E-state index < -0.39 is 6.36 Å². The fraction of sp³-hybridized carbons (Fsp3) is 0.0968. The molecule has 1 aromatic heterocycles. The van der Waals surface area contributed by atoms with E-state index in [1.165, 1.54) is 4.90 Å². The first kappa shape index (κ1) is 26.3. The van der Waals surface area contributed by atoms with E-state index in [1.807, 2.05) is 6.07 Å². The Hall–Kier alpha value is -5.31. The summed E-state index contributed by atoms with van der Waals surface area (Å²) in [6.45, 7) is 0.325. The highest BCUT2D eigenvalue weighted by Gasteiger charge is 2.20. The Morgan fingerprint density at radius 2 is 1.70 bits per heavy atom. The van der Waals surface area contributed by atoms with Gasteiger partial charge in [-0.25, -0.2) is 0 Å². The number of nitrogens with one attached hydrogen (secondary N) is 1. The molecular weight excluding hydrogens is 513 g/mol. The molecule has 2 amide bonds. The van der Waals surface area contributed by atoms with E-state index in [0.29, 0.717) is 45.8 Å². The third-order valence-electron chi connectivity index (χ3n) is 6.13. The monoisotopic (exact) mass is 539 g/mol. The number of carbonyl (C=O) groups excluding carboxylic acids is 2. The molecule has 0 aliphatic carbocycles. The van der Waals surface area contributed by atoms with Crippen LogP contribution in [0.25, 0.3) is 11.0 Å². The molecule has 1 atom stereocenters. The van der Waals surface area contributed by atoms with Gasteiger partial charge in [-0.3, -0.25) is 14.5 Å². The lowest BCUT2D eigenvalue weighted by atomic mass is 10.1. The van der Waals surface area contributed by atoms with Crippen molar-refractivity contribution < 1.29 is 27.9 Å². The largest absolute Gasteiger partial charge is 0.492 e. The van der Waals surface area contributed by atoms with E-state index in [-0.39, 0.29) is 30.5 Å². The van der Waals surface area contributed by atoms with Crippen LogP contribution in [0.5, 0.6) is 11.5 Å². The second-order valence-electron chi connectivity index (χ2n) is 8.81. The highest BCUT2D eigenvalue weighted by molar-refractivity contribution is 6.05. The van der Waals surface area contributed by atoms with Crippen molar-refractivity contribution in [1.82, 2.24) is 0 Å². The van der Waals surface area contributed by atoms with E-state index in [1.54, 1.807) is 97.1 Å². The van der Waals surface area contributed by atoms with Crippen LogP contribution in [0.2, 0.25) is 0 Å². The Bertz CT molecular complexity index is 1600. The summed E-state index contributed by atoms with van der Waals surface area (Å²) < 4.78 is 32.1. The lowest BCUT2D eigenvalue weighted by Gasteiger charge is -2.15. The van der Waals surface area contributed by atoms with Crippen LogP contribution in [0.4, 0.5) is 21.6 Å². The lowest BCUT2D eigenvalue weighted by molar-refractivity contribution is -0.107. The molecule has 0 radical (unpaired) electrons. The maximum atomic E-state index is 15.0. The number of nitrogens with zero attached hydrogens (tertiary/aromatic N) is 1. The van der Waals surface area contributed by atoms with Gasteiger partial charge in [-0.05, 0) is 54.6 Å². The van der Waals surface area contributed by atoms with E-state index in [4.69, 9.17) is 19.6 Å². The molecule has 3 N–H and O–H groups in total. The zero-order valence-electron chi connectivity index (χ0n) is 21.3. The maximum Gasteiger partial charge on any atom is 0.267 e. The fourth-order valence-corrected chi connectivity index (χ4v) is 4.06. The molecule has 0 spiro atoms. The van der Waals surface area contributed by atoms with Gasteiger partial charge in [-0.1, -0.05) is 42.5 Å². The van der Waals surface area contributed by atoms with Crippen molar-refractivity contribution in [1.29, 1.82) is 0 Å². The van der Waals surface area contributed by atoms with Gasteiger partial charge in [0, 0.05) is 17.0 Å². The number of halogens is 1. The standard InChI is InChI=1S/C31H26FN3O5/c32-30(39-24-8-2-1-3-9-24)25-10-6-7-22-19-28(40-29(22)25)35(20-36)17-18-38-23-15-13-21(14-16-23)31(37)34-27-12-5-4-11-26(27)33/h1-16,19-20,30H,17-18,33H2,(H,34,37). The Morgan fingerprint density at radius 3 is 2.45 bits per heavy atom. The predicted molar refractivity (Wildman–Crippen MR) is 151 cm³/mol. The predicted octanol–water partition coefficient (Wildman–Crippen LogP) is 6.36. The summed E-state index contributed by atoms with van der Waals surface area (Å²) in [5, 5.41) is 3.40. The number of rotatable bonds is 11. The van der Waals surface area contributed by atoms with Crippen LogP contribution in [-0.2, 0) is 4.79 Å². The number of alkyl halides is 1. The van der Waals surface area contributed by atoms with Crippen LogP contribution in [0.1, 0.15) is 22.3 Å². The van der Waals surface area contributed by atoms with Crippen molar-refractivity contribution in [3.05, 3.63) is 114 Å². The molecule has 0 saturated carbocycles. The van der Waals surface area contributed by atoms with Gasteiger partial charge in [0.2, 0.25) is 12.3 Å². The topological polar surface area (TPSA) is 107 Å². The molecule has 8 nitrogen and oxygen atoms in total. The molecule has 0 saturated heterocycles. The number of ether oxygens (including phenoxy) is 2. The fourth-order valence-electron chi connectivity index (χ4n) is 4.06. The second kappa shape index (κ2) is 12.0. The number of carbonyl (C=O) groups is 2. The number of benzene rings is 4. The Morgan fingerprint density at radius 1 is 0.950 bits per heavy atom. The number of hydrogen-bond acceptors (Lipinski definition) is 6. The van der Waals surface area contributed by atoms with Crippen molar-refractivity contribution in [2.45, 2.75) is 6.36 Å². The third-order valence-corrected chi connectivity index (χ3v) is 6.13. The van der Waals surface area contributed by atoms with Gasteiger partial charge in [0.15, 0.2) is 0 Å². The van der Waals surface area contributed by atoms with Gasteiger partial charge in [0.25, 0.3) is 12.3 Å². The van der Waals surface area contributed by atoms with Crippen molar-refractivity contribution in [3.8, 4) is 11.5 Å². The van der Waals surface area contributed by atoms with Gasteiger partial charge in [0.1, 0.15) is 23.7 Å². The first-order valence-electron chi connectivity index (χ1n) is 12.5. The minimum absolute atomic E-state index is 0.150. The number of anilines is 3. The summed E-state index contributed by atoms with van der Waals surface area (Å²) in [4.78, 5) is 25.7. The molecule has 1 heterocycles. The lowest BCUT2D eigenvalue weighted by Crippen LogP contribution is -2.26. The zero-order chi connectivity index (χ0) is 27.9. The average molecular weight is 540 g/mol. The maximum absolute atomic E-state index is 15.0. The SMILES string of the molecule is Nc1ccccc1NC(=O)c1ccc(OCCN(C=O)c2cc3cccc(C(F)Oc4ccccc4)c3o2)cc1. The van der Waals surface area contributed by atoms with Crippen molar-refractivity contribution in [2.75, 3.05) is 29.1 Å². The molecule has 5 rings (SSSR count). The number of amides is 2. The summed E-state index contributed by atoms with van der Waals surface area (Å²) >= 11 is 0. The van der Waals surface area contributed by atoms with Crippen LogP contribution in [-0.4, -0.2) is 25.5 Å². The van der Waals surface area contributed by atoms with Crippen LogP contribution < -0.4 is 25.4 Å². The number of hydrogen-bond donors (Lipinski definition) is 2.